The summed E-state index contributed by atoms with van der Waals surface area (Å²) in [6.07, 6.45) is 4.74. The van der Waals surface area contributed by atoms with E-state index < -0.39 is 0 Å². The lowest BCUT2D eigenvalue weighted by Crippen LogP contribution is -2.24. The SMILES string of the molecule is Cc1cc(C)c(NC(=O)c2ccnc(C(=O)NCc3ccncc3)c2)c(Cl)c1. The number of carbonyl (C=O) groups is 2. The molecule has 0 radical (unpaired) electrons. The molecule has 2 heterocycles. The Labute approximate surface area is 168 Å². The first kappa shape index (κ1) is 19.5. The number of nitrogens with one attached hydrogen (secondary N) is 2. The van der Waals surface area contributed by atoms with Gasteiger partial charge in [0, 0.05) is 30.7 Å². The average Bonchev–Trinajstić information content (AvgIpc) is 2.69. The van der Waals surface area contributed by atoms with Gasteiger partial charge in [-0.1, -0.05) is 17.7 Å². The lowest BCUT2D eigenvalue weighted by Gasteiger charge is -2.12. The maximum absolute atomic E-state index is 12.6. The molecule has 0 saturated heterocycles. The first-order chi connectivity index (χ1) is 13.4. The Morgan fingerprint density at radius 2 is 1.75 bits per heavy atom. The van der Waals surface area contributed by atoms with Crippen molar-refractivity contribution >= 4 is 29.1 Å². The van der Waals surface area contributed by atoms with Crippen LogP contribution in [0, 0.1) is 13.8 Å². The molecule has 6 nitrogen and oxygen atoms in total. The van der Waals surface area contributed by atoms with Crippen LogP contribution in [0.3, 0.4) is 0 Å². The molecule has 2 aromatic heterocycles. The summed E-state index contributed by atoms with van der Waals surface area (Å²) in [5.74, 6) is -0.726. The molecule has 2 amide bonds. The molecular weight excluding hydrogens is 376 g/mol. The van der Waals surface area contributed by atoms with E-state index >= 15 is 0 Å². The van der Waals surface area contributed by atoms with E-state index in [1.54, 1.807) is 24.5 Å². The minimum Gasteiger partial charge on any atom is -0.347 e. The zero-order chi connectivity index (χ0) is 20.1. The fraction of sp³-hybridized carbons (Fsp3) is 0.143. The van der Waals surface area contributed by atoms with Crippen molar-refractivity contribution in [3.05, 3.63) is 88.0 Å². The van der Waals surface area contributed by atoms with Gasteiger partial charge in [0.15, 0.2) is 0 Å². The first-order valence-electron chi connectivity index (χ1n) is 8.65. The monoisotopic (exact) mass is 394 g/mol. The minimum atomic E-state index is -0.365. The molecule has 0 saturated carbocycles. The van der Waals surface area contributed by atoms with Crippen molar-refractivity contribution < 1.29 is 9.59 Å². The summed E-state index contributed by atoms with van der Waals surface area (Å²) in [6.45, 7) is 4.15. The highest BCUT2D eigenvalue weighted by molar-refractivity contribution is 6.34. The van der Waals surface area contributed by atoms with Crippen LogP contribution in [-0.4, -0.2) is 21.8 Å². The summed E-state index contributed by atoms with van der Waals surface area (Å²) < 4.78 is 0. The predicted octanol–water partition coefficient (Wildman–Crippen LogP) is 3.93. The number of pyridine rings is 2. The highest BCUT2D eigenvalue weighted by Gasteiger charge is 2.14. The van der Waals surface area contributed by atoms with Crippen LogP contribution < -0.4 is 10.6 Å². The molecule has 0 spiro atoms. The lowest BCUT2D eigenvalue weighted by atomic mass is 10.1. The molecule has 0 aliphatic carbocycles. The van der Waals surface area contributed by atoms with Crippen LogP contribution in [0.2, 0.25) is 5.02 Å². The van der Waals surface area contributed by atoms with Gasteiger partial charge in [-0.05, 0) is 60.9 Å². The van der Waals surface area contributed by atoms with Crippen LogP contribution in [-0.2, 0) is 6.54 Å². The van der Waals surface area contributed by atoms with E-state index in [4.69, 9.17) is 11.6 Å². The van der Waals surface area contributed by atoms with E-state index in [2.05, 4.69) is 20.6 Å². The van der Waals surface area contributed by atoms with Crippen LogP contribution in [0.5, 0.6) is 0 Å². The van der Waals surface area contributed by atoms with Crippen LogP contribution in [0.4, 0.5) is 5.69 Å². The molecule has 0 aliphatic rings. The minimum absolute atomic E-state index is 0.161. The zero-order valence-electron chi connectivity index (χ0n) is 15.5. The highest BCUT2D eigenvalue weighted by Crippen LogP contribution is 2.27. The third-order valence-electron chi connectivity index (χ3n) is 4.13. The van der Waals surface area contributed by atoms with Gasteiger partial charge in [0.2, 0.25) is 0 Å². The fourth-order valence-corrected chi connectivity index (χ4v) is 3.10. The summed E-state index contributed by atoms with van der Waals surface area (Å²) in [5.41, 5.74) is 3.83. The number of aromatic nitrogens is 2. The van der Waals surface area contributed by atoms with Crippen molar-refractivity contribution in [3.8, 4) is 0 Å². The number of nitrogens with zero attached hydrogens (tertiary/aromatic N) is 2. The molecule has 0 atom stereocenters. The van der Waals surface area contributed by atoms with Gasteiger partial charge in [0.05, 0.1) is 10.7 Å². The second-order valence-electron chi connectivity index (χ2n) is 6.36. The molecule has 1 aromatic carbocycles. The third-order valence-corrected chi connectivity index (χ3v) is 4.43. The molecular formula is C21H19ClN4O2. The molecule has 2 N–H and O–H groups in total. The Morgan fingerprint density at radius 1 is 1.00 bits per heavy atom. The molecule has 7 heteroatoms. The number of carbonyl (C=O) groups excluding carboxylic acids is 2. The third kappa shape index (κ3) is 4.72. The van der Waals surface area contributed by atoms with Crippen LogP contribution >= 0.6 is 11.6 Å². The van der Waals surface area contributed by atoms with Gasteiger partial charge >= 0.3 is 0 Å². The van der Waals surface area contributed by atoms with Crippen molar-refractivity contribution in [2.24, 2.45) is 0 Å². The van der Waals surface area contributed by atoms with Crippen molar-refractivity contribution in [2.75, 3.05) is 5.32 Å². The summed E-state index contributed by atoms with van der Waals surface area (Å²) in [5, 5.41) is 6.05. The zero-order valence-corrected chi connectivity index (χ0v) is 16.2. The number of benzene rings is 1. The maximum Gasteiger partial charge on any atom is 0.270 e. The normalized spacial score (nSPS) is 10.4. The molecule has 0 aliphatic heterocycles. The number of aryl methyl sites for hydroxylation is 2. The molecule has 3 aromatic rings. The quantitative estimate of drug-likeness (QED) is 0.686. The lowest BCUT2D eigenvalue weighted by molar-refractivity contribution is 0.0946. The van der Waals surface area contributed by atoms with Crippen LogP contribution in [0.1, 0.15) is 37.5 Å². The summed E-state index contributed by atoms with van der Waals surface area (Å²) in [4.78, 5) is 33.0. The second-order valence-corrected chi connectivity index (χ2v) is 6.77. The van der Waals surface area contributed by atoms with E-state index in [-0.39, 0.29) is 17.5 Å². The predicted molar refractivity (Wildman–Crippen MR) is 109 cm³/mol. The Kier molecular flexibility index (Phi) is 6.01. The largest absolute Gasteiger partial charge is 0.347 e. The molecule has 0 fully saturated rings. The van der Waals surface area contributed by atoms with Crippen molar-refractivity contribution in [3.63, 3.8) is 0 Å². The number of halogens is 1. The number of anilines is 1. The number of hydrogen-bond acceptors (Lipinski definition) is 4. The topological polar surface area (TPSA) is 84.0 Å². The van der Waals surface area contributed by atoms with Gasteiger partial charge in [-0.3, -0.25) is 19.6 Å². The Bertz CT molecular complexity index is 999. The van der Waals surface area contributed by atoms with Gasteiger partial charge in [-0.25, -0.2) is 0 Å². The number of rotatable bonds is 5. The summed E-state index contributed by atoms with van der Waals surface area (Å²) >= 11 is 6.25. The van der Waals surface area contributed by atoms with Crippen molar-refractivity contribution in [2.45, 2.75) is 20.4 Å². The van der Waals surface area contributed by atoms with Crippen LogP contribution in [0.15, 0.2) is 55.0 Å². The van der Waals surface area contributed by atoms with Crippen molar-refractivity contribution in [1.29, 1.82) is 0 Å². The smallest absolute Gasteiger partial charge is 0.270 e. The molecule has 28 heavy (non-hydrogen) atoms. The van der Waals surface area contributed by atoms with Crippen LogP contribution in [0.25, 0.3) is 0 Å². The Balaban J connectivity index is 1.72. The highest BCUT2D eigenvalue weighted by atomic mass is 35.5. The van der Waals surface area contributed by atoms with Gasteiger partial charge in [0.25, 0.3) is 11.8 Å². The number of amides is 2. The van der Waals surface area contributed by atoms with E-state index in [0.717, 1.165) is 16.7 Å². The van der Waals surface area contributed by atoms with Crippen molar-refractivity contribution in [1.82, 2.24) is 15.3 Å². The Hall–Kier alpha value is -3.25. The van der Waals surface area contributed by atoms with E-state index in [1.807, 2.05) is 32.0 Å². The van der Waals surface area contributed by atoms with Gasteiger partial charge < -0.3 is 10.6 Å². The fourth-order valence-electron chi connectivity index (χ4n) is 2.73. The van der Waals surface area contributed by atoms with E-state index in [1.165, 1.54) is 12.3 Å². The van der Waals surface area contributed by atoms with E-state index in [0.29, 0.717) is 22.8 Å². The maximum atomic E-state index is 12.6. The summed E-state index contributed by atoms with van der Waals surface area (Å²) in [7, 11) is 0. The molecule has 0 unspecified atom stereocenters. The second kappa shape index (κ2) is 8.63. The summed E-state index contributed by atoms with van der Waals surface area (Å²) in [6, 6.07) is 10.3. The standard InChI is InChI=1S/C21H19ClN4O2/c1-13-9-14(2)19(17(22)10-13)26-20(27)16-5-8-24-18(11-16)21(28)25-12-15-3-6-23-7-4-15/h3-11H,12H2,1-2H3,(H,25,28)(H,26,27). The molecule has 3 rings (SSSR count). The molecule has 0 bridgehead atoms. The first-order valence-corrected chi connectivity index (χ1v) is 9.03. The van der Waals surface area contributed by atoms with Gasteiger partial charge in [-0.15, -0.1) is 0 Å². The molecule has 142 valence electrons. The van der Waals surface area contributed by atoms with Gasteiger partial charge in [-0.2, -0.15) is 0 Å². The number of hydrogen-bond donors (Lipinski definition) is 2. The van der Waals surface area contributed by atoms with Gasteiger partial charge in [0.1, 0.15) is 5.69 Å². The average molecular weight is 395 g/mol. The Morgan fingerprint density at radius 3 is 2.46 bits per heavy atom. The van der Waals surface area contributed by atoms with E-state index in [9.17, 15) is 9.59 Å².